The van der Waals surface area contributed by atoms with E-state index in [2.05, 4.69) is 17.0 Å². The van der Waals surface area contributed by atoms with E-state index in [-0.39, 0.29) is 5.56 Å². The van der Waals surface area contributed by atoms with Crippen molar-refractivity contribution in [2.75, 3.05) is 0 Å². The maximum atomic E-state index is 11.8. The highest BCUT2D eigenvalue weighted by atomic mass is 16.1. The number of H-pyrrole nitrogens is 1. The SMILES string of the molecule is CCCc1cc(=O)n2[nH]c(C3CC3)nc2c1. The molecule has 16 heavy (non-hydrogen) atoms. The molecular formula is C12H15N3O. The van der Waals surface area contributed by atoms with E-state index in [1.807, 2.05) is 6.07 Å². The van der Waals surface area contributed by atoms with Crippen LogP contribution in [0.25, 0.3) is 5.65 Å². The fraction of sp³-hybridized carbons (Fsp3) is 0.500. The van der Waals surface area contributed by atoms with Crippen LogP contribution in [0.2, 0.25) is 0 Å². The Balaban J connectivity index is 2.13. The van der Waals surface area contributed by atoms with Gasteiger partial charge in [-0.1, -0.05) is 13.3 Å². The number of aryl methyl sites for hydroxylation is 1. The molecule has 1 aliphatic carbocycles. The molecule has 4 nitrogen and oxygen atoms in total. The maximum Gasteiger partial charge on any atom is 0.271 e. The summed E-state index contributed by atoms with van der Waals surface area (Å²) in [6.45, 7) is 2.11. The van der Waals surface area contributed by atoms with Gasteiger partial charge in [0.15, 0.2) is 5.65 Å². The van der Waals surface area contributed by atoms with E-state index >= 15 is 0 Å². The summed E-state index contributed by atoms with van der Waals surface area (Å²) in [5.74, 6) is 1.51. The van der Waals surface area contributed by atoms with Gasteiger partial charge in [0, 0.05) is 12.0 Å². The second-order valence-electron chi connectivity index (χ2n) is 4.53. The van der Waals surface area contributed by atoms with Crippen LogP contribution in [0.5, 0.6) is 0 Å². The van der Waals surface area contributed by atoms with Crippen molar-refractivity contribution in [3.05, 3.63) is 33.9 Å². The van der Waals surface area contributed by atoms with Gasteiger partial charge >= 0.3 is 0 Å². The molecule has 0 bridgehead atoms. The summed E-state index contributed by atoms with van der Waals surface area (Å²) >= 11 is 0. The van der Waals surface area contributed by atoms with Crippen LogP contribution < -0.4 is 5.56 Å². The normalized spacial score (nSPS) is 15.8. The van der Waals surface area contributed by atoms with Crippen LogP contribution in [-0.4, -0.2) is 14.6 Å². The third-order valence-corrected chi connectivity index (χ3v) is 3.04. The lowest BCUT2D eigenvalue weighted by Crippen LogP contribution is -2.13. The highest BCUT2D eigenvalue weighted by molar-refractivity contribution is 5.41. The standard InChI is InChI=1S/C12H15N3O/c1-2-3-8-6-10-13-12(9-4-5-9)14-15(10)11(16)7-8/h6-7,9H,2-5H2,1H3,(H,13,14). The number of rotatable bonds is 3. The molecule has 0 amide bonds. The smallest absolute Gasteiger partial charge is 0.271 e. The molecule has 0 saturated heterocycles. The molecule has 0 unspecified atom stereocenters. The summed E-state index contributed by atoms with van der Waals surface area (Å²) in [5.41, 5.74) is 1.85. The molecule has 1 aliphatic rings. The molecule has 0 spiro atoms. The van der Waals surface area contributed by atoms with Crippen molar-refractivity contribution < 1.29 is 0 Å². The van der Waals surface area contributed by atoms with Crippen molar-refractivity contribution >= 4 is 5.65 Å². The summed E-state index contributed by atoms with van der Waals surface area (Å²) < 4.78 is 1.55. The van der Waals surface area contributed by atoms with Crippen molar-refractivity contribution in [3.8, 4) is 0 Å². The first-order valence-corrected chi connectivity index (χ1v) is 5.89. The number of nitrogens with zero attached hydrogens (tertiary/aromatic N) is 2. The number of aromatic amines is 1. The lowest BCUT2D eigenvalue weighted by Gasteiger charge is -1.97. The summed E-state index contributed by atoms with van der Waals surface area (Å²) in [6, 6.07) is 3.71. The van der Waals surface area contributed by atoms with Gasteiger partial charge in [0.1, 0.15) is 5.82 Å². The predicted molar refractivity (Wildman–Crippen MR) is 61.8 cm³/mol. The third kappa shape index (κ3) is 1.54. The second kappa shape index (κ2) is 3.47. The molecule has 0 radical (unpaired) electrons. The first-order valence-electron chi connectivity index (χ1n) is 5.89. The van der Waals surface area contributed by atoms with Crippen molar-refractivity contribution in [3.63, 3.8) is 0 Å². The van der Waals surface area contributed by atoms with E-state index in [0.29, 0.717) is 5.92 Å². The number of aromatic nitrogens is 3. The van der Waals surface area contributed by atoms with Crippen LogP contribution in [-0.2, 0) is 6.42 Å². The molecule has 2 aromatic heterocycles. The molecule has 84 valence electrons. The molecular weight excluding hydrogens is 202 g/mol. The van der Waals surface area contributed by atoms with Gasteiger partial charge in [-0.3, -0.25) is 9.89 Å². The van der Waals surface area contributed by atoms with Gasteiger partial charge in [-0.05, 0) is 30.9 Å². The zero-order valence-electron chi connectivity index (χ0n) is 9.36. The Labute approximate surface area is 93.3 Å². The molecule has 1 fully saturated rings. The monoisotopic (exact) mass is 217 g/mol. The molecule has 0 atom stereocenters. The Bertz CT molecular complexity index is 577. The van der Waals surface area contributed by atoms with E-state index in [1.165, 1.54) is 12.8 Å². The Hall–Kier alpha value is -1.58. The van der Waals surface area contributed by atoms with Crippen molar-refractivity contribution in [1.82, 2.24) is 14.6 Å². The van der Waals surface area contributed by atoms with Gasteiger partial charge in [-0.25, -0.2) is 9.50 Å². The summed E-state index contributed by atoms with van der Waals surface area (Å²) in [7, 11) is 0. The molecule has 0 aromatic carbocycles. The Morgan fingerprint density at radius 1 is 1.50 bits per heavy atom. The lowest BCUT2D eigenvalue weighted by molar-refractivity contribution is 0.846. The lowest BCUT2D eigenvalue weighted by atomic mass is 10.1. The highest BCUT2D eigenvalue weighted by Crippen LogP contribution is 2.37. The van der Waals surface area contributed by atoms with Crippen LogP contribution in [0.15, 0.2) is 16.9 Å². The predicted octanol–water partition coefficient (Wildman–Crippen LogP) is 1.85. The minimum absolute atomic E-state index is 0.000324. The number of hydrogen-bond acceptors (Lipinski definition) is 2. The fourth-order valence-electron chi connectivity index (χ4n) is 2.04. The van der Waals surface area contributed by atoms with Crippen LogP contribution in [0.1, 0.15) is 43.5 Å². The minimum atomic E-state index is 0.000324. The molecule has 2 aromatic rings. The summed E-state index contributed by atoms with van der Waals surface area (Å²) in [6.07, 6.45) is 4.37. The van der Waals surface area contributed by atoms with Crippen molar-refractivity contribution in [2.45, 2.75) is 38.5 Å². The van der Waals surface area contributed by atoms with Crippen LogP contribution in [0.4, 0.5) is 0 Å². The van der Waals surface area contributed by atoms with E-state index in [4.69, 9.17) is 0 Å². The van der Waals surface area contributed by atoms with E-state index in [0.717, 1.165) is 29.9 Å². The molecule has 1 saturated carbocycles. The largest absolute Gasteiger partial charge is 0.276 e. The van der Waals surface area contributed by atoms with E-state index in [1.54, 1.807) is 10.6 Å². The highest BCUT2D eigenvalue weighted by Gasteiger charge is 2.27. The minimum Gasteiger partial charge on any atom is -0.276 e. The molecule has 4 heteroatoms. The topological polar surface area (TPSA) is 50.2 Å². The Kier molecular flexibility index (Phi) is 2.09. The van der Waals surface area contributed by atoms with E-state index in [9.17, 15) is 4.79 Å². The fourth-order valence-corrected chi connectivity index (χ4v) is 2.04. The number of nitrogens with one attached hydrogen (secondary N) is 1. The number of hydrogen-bond donors (Lipinski definition) is 1. The molecule has 2 heterocycles. The third-order valence-electron chi connectivity index (χ3n) is 3.04. The second-order valence-corrected chi connectivity index (χ2v) is 4.53. The zero-order valence-corrected chi connectivity index (χ0v) is 9.36. The van der Waals surface area contributed by atoms with E-state index < -0.39 is 0 Å². The average Bonchev–Trinajstić information content (AvgIpc) is 3.00. The molecule has 3 rings (SSSR count). The quantitative estimate of drug-likeness (QED) is 0.853. The maximum absolute atomic E-state index is 11.8. The van der Waals surface area contributed by atoms with Crippen molar-refractivity contribution in [1.29, 1.82) is 0 Å². The zero-order chi connectivity index (χ0) is 11.1. The van der Waals surface area contributed by atoms with Gasteiger partial charge in [0.05, 0.1) is 0 Å². The van der Waals surface area contributed by atoms with Gasteiger partial charge in [0.2, 0.25) is 0 Å². The van der Waals surface area contributed by atoms with Gasteiger partial charge in [-0.15, -0.1) is 0 Å². The first-order chi connectivity index (χ1) is 7.78. The van der Waals surface area contributed by atoms with Gasteiger partial charge < -0.3 is 0 Å². The summed E-state index contributed by atoms with van der Waals surface area (Å²) in [4.78, 5) is 16.3. The summed E-state index contributed by atoms with van der Waals surface area (Å²) in [5, 5.41) is 3.09. The van der Waals surface area contributed by atoms with Crippen LogP contribution in [0.3, 0.4) is 0 Å². The molecule has 1 N–H and O–H groups in total. The average molecular weight is 217 g/mol. The molecule has 0 aliphatic heterocycles. The van der Waals surface area contributed by atoms with Gasteiger partial charge in [0.25, 0.3) is 5.56 Å². The van der Waals surface area contributed by atoms with Crippen LogP contribution in [0, 0.1) is 0 Å². The number of fused-ring (bicyclic) bond motifs is 1. The van der Waals surface area contributed by atoms with Crippen molar-refractivity contribution in [2.24, 2.45) is 0 Å². The van der Waals surface area contributed by atoms with Gasteiger partial charge in [-0.2, -0.15) is 0 Å². The Morgan fingerprint density at radius 2 is 2.31 bits per heavy atom. The van der Waals surface area contributed by atoms with Crippen LogP contribution >= 0.6 is 0 Å². The Morgan fingerprint density at radius 3 is 3.00 bits per heavy atom. The number of pyridine rings is 1. The first kappa shape index (κ1) is 9.63.